The van der Waals surface area contributed by atoms with E-state index in [1.807, 2.05) is 6.07 Å². The van der Waals surface area contributed by atoms with Crippen LogP contribution < -0.4 is 15.0 Å². The van der Waals surface area contributed by atoms with Crippen LogP contribution >= 0.6 is 0 Å². The molecule has 0 radical (unpaired) electrons. The number of piperazine rings is 1. The Bertz CT molecular complexity index is 1030. The fraction of sp³-hybridized carbons (Fsp3) is 0.409. The third-order valence-corrected chi connectivity index (χ3v) is 5.53. The van der Waals surface area contributed by atoms with Crippen molar-refractivity contribution in [3.05, 3.63) is 47.8 Å². The number of halogens is 1. The molecule has 0 atom stereocenters. The third-order valence-electron chi connectivity index (χ3n) is 5.53. The number of hydrogen-bond acceptors (Lipinski definition) is 7. The van der Waals surface area contributed by atoms with Crippen LogP contribution in [0.3, 0.4) is 0 Å². The summed E-state index contributed by atoms with van der Waals surface area (Å²) in [5.41, 5.74) is 2.61. The highest BCUT2D eigenvalue weighted by molar-refractivity contribution is 5.97. The molecule has 2 heterocycles. The zero-order valence-corrected chi connectivity index (χ0v) is 17.5. The predicted molar refractivity (Wildman–Crippen MR) is 115 cm³/mol. The summed E-state index contributed by atoms with van der Waals surface area (Å²) in [4.78, 5) is 16.9. The Morgan fingerprint density at radius 3 is 2.71 bits per heavy atom. The van der Waals surface area contributed by atoms with E-state index in [9.17, 15) is 9.18 Å². The minimum Gasteiger partial charge on any atom is -0.497 e. The Kier molecular flexibility index (Phi) is 6.61. The monoisotopic (exact) mass is 427 g/mol. The van der Waals surface area contributed by atoms with Gasteiger partial charge in [-0.1, -0.05) is 0 Å². The Balaban J connectivity index is 1.15. The van der Waals surface area contributed by atoms with Gasteiger partial charge in [0.05, 0.1) is 7.11 Å². The summed E-state index contributed by atoms with van der Waals surface area (Å²) >= 11 is 0. The number of carbonyl (C=O) groups excluding carboxylic acids is 1. The van der Waals surface area contributed by atoms with E-state index in [-0.39, 0.29) is 11.7 Å². The topological polar surface area (TPSA) is 83.7 Å². The molecule has 2 aromatic carbocycles. The molecule has 0 spiro atoms. The zero-order valence-electron chi connectivity index (χ0n) is 17.5. The lowest BCUT2D eigenvalue weighted by Crippen LogP contribution is -2.46. The fourth-order valence-corrected chi connectivity index (χ4v) is 3.77. The van der Waals surface area contributed by atoms with Crippen LogP contribution in [-0.2, 0) is 0 Å². The molecule has 164 valence electrons. The van der Waals surface area contributed by atoms with Crippen molar-refractivity contribution in [2.45, 2.75) is 12.8 Å². The molecule has 8 nitrogen and oxygen atoms in total. The number of rotatable bonds is 8. The van der Waals surface area contributed by atoms with Crippen LogP contribution in [0, 0.1) is 5.82 Å². The smallest absolute Gasteiger partial charge is 0.251 e. The molecule has 3 aromatic rings. The minimum absolute atomic E-state index is 0.121. The number of fused-ring (bicyclic) bond motifs is 1. The maximum atomic E-state index is 13.7. The minimum atomic E-state index is -0.281. The molecule has 1 aromatic heterocycles. The standard InChI is InChI=1S/C22H26FN5O3/c1-30-19-14-17(23)13-18(15-19)28-10-8-27(9-11-28)7-3-2-6-24-22(29)16-4-5-20-21(12-16)26-31-25-20/h4-5,12-15H,2-3,6-11H2,1H3,(H,24,29). The lowest BCUT2D eigenvalue weighted by molar-refractivity contribution is 0.0952. The molecule has 1 fully saturated rings. The molecule has 0 saturated carbocycles. The van der Waals surface area contributed by atoms with Gasteiger partial charge in [0.1, 0.15) is 22.6 Å². The van der Waals surface area contributed by atoms with Crippen molar-refractivity contribution in [2.75, 3.05) is 51.3 Å². The van der Waals surface area contributed by atoms with Gasteiger partial charge in [0, 0.05) is 56.1 Å². The van der Waals surface area contributed by atoms with E-state index in [4.69, 9.17) is 4.74 Å². The van der Waals surface area contributed by atoms with Crippen molar-refractivity contribution in [3.63, 3.8) is 0 Å². The van der Waals surface area contributed by atoms with E-state index in [2.05, 4.69) is 30.1 Å². The molecular weight excluding hydrogens is 401 g/mol. The van der Waals surface area contributed by atoms with Crippen LogP contribution in [0.1, 0.15) is 23.2 Å². The SMILES string of the molecule is COc1cc(F)cc(N2CCN(CCCCNC(=O)c3ccc4nonc4c3)CC2)c1. The van der Waals surface area contributed by atoms with Gasteiger partial charge in [0.25, 0.3) is 5.91 Å². The Labute approximate surface area is 179 Å². The fourth-order valence-electron chi connectivity index (χ4n) is 3.77. The summed E-state index contributed by atoms with van der Waals surface area (Å²) in [7, 11) is 1.55. The number of anilines is 1. The highest BCUT2D eigenvalue weighted by Crippen LogP contribution is 2.24. The summed E-state index contributed by atoms with van der Waals surface area (Å²) in [5, 5.41) is 10.4. The number of benzene rings is 2. The van der Waals surface area contributed by atoms with Gasteiger partial charge in [-0.25, -0.2) is 9.02 Å². The summed E-state index contributed by atoms with van der Waals surface area (Å²) in [6.07, 6.45) is 1.90. The number of aromatic nitrogens is 2. The molecule has 1 aliphatic heterocycles. The molecule has 1 amide bonds. The molecule has 1 aliphatic rings. The molecule has 0 bridgehead atoms. The normalized spacial score (nSPS) is 14.7. The Morgan fingerprint density at radius 1 is 1.10 bits per heavy atom. The van der Waals surface area contributed by atoms with Gasteiger partial charge >= 0.3 is 0 Å². The Morgan fingerprint density at radius 2 is 1.90 bits per heavy atom. The van der Waals surface area contributed by atoms with Crippen LogP contribution in [0.15, 0.2) is 41.0 Å². The quantitative estimate of drug-likeness (QED) is 0.554. The van der Waals surface area contributed by atoms with Crippen LogP contribution in [0.25, 0.3) is 11.0 Å². The maximum absolute atomic E-state index is 13.7. The molecule has 9 heteroatoms. The average molecular weight is 427 g/mol. The highest BCUT2D eigenvalue weighted by Gasteiger charge is 2.18. The number of amides is 1. The van der Waals surface area contributed by atoms with E-state index in [1.54, 1.807) is 31.4 Å². The highest BCUT2D eigenvalue weighted by atomic mass is 19.1. The van der Waals surface area contributed by atoms with Crippen LogP contribution in [0.4, 0.5) is 10.1 Å². The second-order valence-corrected chi connectivity index (χ2v) is 7.61. The first-order chi connectivity index (χ1) is 15.1. The molecule has 4 rings (SSSR count). The first-order valence-electron chi connectivity index (χ1n) is 10.4. The Hall–Kier alpha value is -3.20. The van der Waals surface area contributed by atoms with Gasteiger partial charge in [-0.15, -0.1) is 0 Å². The number of hydrogen-bond donors (Lipinski definition) is 1. The van der Waals surface area contributed by atoms with Crippen LogP contribution in [-0.4, -0.2) is 67.5 Å². The summed E-state index contributed by atoms with van der Waals surface area (Å²) in [6.45, 7) is 5.16. The van der Waals surface area contributed by atoms with Gasteiger partial charge in [0.2, 0.25) is 0 Å². The van der Waals surface area contributed by atoms with E-state index in [1.165, 1.54) is 6.07 Å². The van der Waals surface area contributed by atoms with Gasteiger partial charge in [-0.3, -0.25) is 9.69 Å². The second-order valence-electron chi connectivity index (χ2n) is 7.61. The van der Waals surface area contributed by atoms with Gasteiger partial charge in [-0.05, 0) is 54.0 Å². The zero-order chi connectivity index (χ0) is 21.6. The third kappa shape index (κ3) is 5.29. The lowest BCUT2D eigenvalue weighted by Gasteiger charge is -2.36. The van der Waals surface area contributed by atoms with E-state index >= 15 is 0 Å². The number of carbonyl (C=O) groups is 1. The van der Waals surface area contributed by atoms with E-state index < -0.39 is 0 Å². The van der Waals surface area contributed by atoms with Crippen molar-refractivity contribution in [3.8, 4) is 5.75 Å². The van der Waals surface area contributed by atoms with Crippen molar-refractivity contribution in [1.29, 1.82) is 0 Å². The maximum Gasteiger partial charge on any atom is 0.251 e. The lowest BCUT2D eigenvalue weighted by atomic mass is 10.2. The second kappa shape index (κ2) is 9.74. The summed E-state index contributed by atoms with van der Waals surface area (Å²) < 4.78 is 23.6. The van der Waals surface area contributed by atoms with Crippen molar-refractivity contribution < 1.29 is 18.6 Å². The average Bonchev–Trinajstić information content (AvgIpc) is 3.26. The number of methoxy groups -OCH3 is 1. The molecule has 31 heavy (non-hydrogen) atoms. The first-order valence-corrected chi connectivity index (χ1v) is 10.4. The molecule has 1 saturated heterocycles. The molecular formula is C22H26FN5O3. The van der Waals surface area contributed by atoms with Crippen molar-refractivity contribution >= 4 is 22.6 Å². The predicted octanol–water partition coefficient (Wildman–Crippen LogP) is 2.70. The van der Waals surface area contributed by atoms with E-state index in [0.717, 1.165) is 51.3 Å². The number of nitrogens with one attached hydrogen (secondary N) is 1. The summed E-state index contributed by atoms with van der Waals surface area (Å²) in [5.74, 6) is 0.137. The van der Waals surface area contributed by atoms with Gasteiger partial charge in [0.15, 0.2) is 0 Å². The van der Waals surface area contributed by atoms with Crippen molar-refractivity contribution in [1.82, 2.24) is 20.5 Å². The number of ether oxygens (including phenoxy) is 1. The first kappa shape index (κ1) is 21.0. The largest absolute Gasteiger partial charge is 0.497 e. The summed E-state index contributed by atoms with van der Waals surface area (Å²) in [6, 6.07) is 9.93. The number of nitrogens with zero attached hydrogens (tertiary/aromatic N) is 4. The van der Waals surface area contributed by atoms with Crippen LogP contribution in [0.2, 0.25) is 0 Å². The van der Waals surface area contributed by atoms with Crippen molar-refractivity contribution in [2.24, 2.45) is 0 Å². The van der Waals surface area contributed by atoms with E-state index in [0.29, 0.717) is 28.9 Å². The van der Waals surface area contributed by atoms with Gasteiger partial charge < -0.3 is 15.0 Å². The molecule has 0 aliphatic carbocycles. The van der Waals surface area contributed by atoms with Crippen LogP contribution in [0.5, 0.6) is 5.75 Å². The number of unbranched alkanes of at least 4 members (excludes halogenated alkanes) is 1. The molecule has 1 N–H and O–H groups in total. The molecule has 0 unspecified atom stereocenters. The van der Waals surface area contributed by atoms with Gasteiger partial charge in [-0.2, -0.15) is 0 Å².